The van der Waals surface area contributed by atoms with Gasteiger partial charge < -0.3 is 9.66 Å². The SMILES string of the molecule is Cc1ccc(N=Nc2c(O)ccc3ccccc23)c(S(=O)(=O)[O-])c1.[Ca+2]. The summed E-state index contributed by atoms with van der Waals surface area (Å²) >= 11 is 0. The summed E-state index contributed by atoms with van der Waals surface area (Å²) < 4.78 is 34.2. The average Bonchev–Trinajstić information content (AvgIpc) is 2.54. The molecule has 6 nitrogen and oxygen atoms in total. The molecule has 122 valence electrons. The molecule has 1 N–H and O–H groups in total. The van der Waals surface area contributed by atoms with Crippen LogP contribution in [0.2, 0.25) is 0 Å². The van der Waals surface area contributed by atoms with Gasteiger partial charge in [-0.2, -0.15) is 0 Å². The van der Waals surface area contributed by atoms with Crippen molar-refractivity contribution in [3.63, 3.8) is 0 Å². The Balaban J connectivity index is 0.00000225. The molecule has 0 atom stereocenters. The largest absolute Gasteiger partial charge is 2.00 e. The van der Waals surface area contributed by atoms with E-state index in [1.54, 1.807) is 31.2 Å². The van der Waals surface area contributed by atoms with Gasteiger partial charge in [-0.25, -0.2) is 8.42 Å². The Bertz CT molecular complexity index is 1070. The van der Waals surface area contributed by atoms with Crippen LogP contribution in [0.25, 0.3) is 10.8 Å². The summed E-state index contributed by atoms with van der Waals surface area (Å²) in [4.78, 5) is -0.439. The smallest absolute Gasteiger partial charge is 0.744 e. The number of aryl methyl sites for hydroxylation is 1. The van der Waals surface area contributed by atoms with Crippen LogP contribution in [0, 0.1) is 6.92 Å². The monoisotopic (exact) mass is 381 g/mol. The van der Waals surface area contributed by atoms with Crippen LogP contribution in [0.1, 0.15) is 5.56 Å². The van der Waals surface area contributed by atoms with E-state index in [-0.39, 0.29) is 54.9 Å². The molecule has 3 aromatic rings. The zero-order valence-electron chi connectivity index (χ0n) is 13.4. The Hall–Kier alpha value is -1.51. The second kappa shape index (κ2) is 7.80. The van der Waals surface area contributed by atoms with Crippen molar-refractivity contribution in [2.24, 2.45) is 10.2 Å². The van der Waals surface area contributed by atoms with Crippen LogP contribution in [0.5, 0.6) is 5.75 Å². The van der Waals surface area contributed by atoms with Crippen molar-refractivity contribution in [1.82, 2.24) is 0 Å². The number of hydrogen-bond donors (Lipinski definition) is 1. The van der Waals surface area contributed by atoms with Gasteiger partial charge in [-0.3, -0.25) is 0 Å². The van der Waals surface area contributed by atoms with Gasteiger partial charge in [-0.05, 0) is 36.1 Å². The second-order valence-corrected chi connectivity index (χ2v) is 6.63. The maximum atomic E-state index is 11.4. The standard InChI is InChI=1S/C17H14N2O4S.Ca/c1-11-6-8-14(16(10-11)24(21,22)23)18-19-17-13-5-3-2-4-12(13)7-9-15(17)20;/h2-10,20H,1H3,(H,21,22,23);/q;+2/p-1. The quantitative estimate of drug-likeness (QED) is 0.423. The Kier molecular flexibility index (Phi) is 6.18. The van der Waals surface area contributed by atoms with Crippen molar-refractivity contribution in [2.75, 3.05) is 0 Å². The number of phenols is 1. The topological polar surface area (TPSA) is 102 Å². The minimum Gasteiger partial charge on any atom is -0.744 e. The molecule has 0 bridgehead atoms. The van der Waals surface area contributed by atoms with Crippen molar-refractivity contribution < 1.29 is 18.1 Å². The second-order valence-electron chi connectivity index (χ2n) is 5.28. The van der Waals surface area contributed by atoms with Crippen molar-refractivity contribution in [3.05, 3.63) is 60.2 Å². The summed E-state index contributed by atoms with van der Waals surface area (Å²) in [6.07, 6.45) is 0. The fraction of sp³-hybridized carbons (Fsp3) is 0.0588. The zero-order chi connectivity index (χ0) is 17.3. The number of rotatable bonds is 3. The number of aromatic hydroxyl groups is 1. The third-order valence-corrected chi connectivity index (χ3v) is 4.39. The van der Waals surface area contributed by atoms with Crippen LogP contribution in [0.3, 0.4) is 0 Å². The maximum Gasteiger partial charge on any atom is 2.00 e. The summed E-state index contributed by atoms with van der Waals surface area (Å²) in [5, 5.41) is 19.4. The molecule has 0 aromatic heterocycles. The van der Waals surface area contributed by atoms with Gasteiger partial charge in [0, 0.05) is 5.39 Å². The van der Waals surface area contributed by atoms with Crippen molar-refractivity contribution in [2.45, 2.75) is 11.8 Å². The number of phenolic OH excluding ortho intramolecular Hbond substituents is 1. The van der Waals surface area contributed by atoms with Gasteiger partial charge in [0.25, 0.3) is 0 Å². The minimum atomic E-state index is -4.68. The van der Waals surface area contributed by atoms with Gasteiger partial charge in [0.05, 0.1) is 4.90 Å². The Morgan fingerprint density at radius 1 is 1.00 bits per heavy atom. The Morgan fingerprint density at radius 3 is 2.44 bits per heavy atom. The van der Waals surface area contributed by atoms with Gasteiger partial charge in [-0.15, -0.1) is 10.2 Å². The molecule has 25 heavy (non-hydrogen) atoms. The fourth-order valence-electron chi connectivity index (χ4n) is 2.36. The van der Waals surface area contributed by atoms with Crippen molar-refractivity contribution >= 4 is 70.0 Å². The van der Waals surface area contributed by atoms with E-state index in [2.05, 4.69) is 10.2 Å². The Labute approximate surface area is 175 Å². The summed E-state index contributed by atoms with van der Waals surface area (Å²) in [6, 6.07) is 14.8. The van der Waals surface area contributed by atoms with Gasteiger partial charge in [0.2, 0.25) is 0 Å². The van der Waals surface area contributed by atoms with Crippen molar-refractivity contribution in [3.8, 4) is 5.75 Å². The molecule has 0 saturated heterocycles. The first kappa shape index (κ1) is 19.8. The van der Waals surface area contributed by atoms with Gasteiger partial charge in [0.15, 0.2) is 0 Å². The molecule has 0 unspecified atom stereocenters. The van der Waals surface area contributed by atoms with Crippen LogP contribution in [-0.2, 0) is 10.1 Å². The van der Waals surface area contributed by atoms with Crippen LogP contribution >= 0.6 is 0 Å². The van der Waals surface area contributed by atoms with E-state index in [0.717, 1.165) is 5.39 Å². The molecule has 0 heterocycles. The molecule has 3 rings (SSSR count). The van der Waals surface area contributed by atoms with Gasteiger partial charge >= 0.3 is 37.7 Å². The van der Waals surface area contributed by atoms with E-state index in [0.29, 0.717) is 10.9 Å². The van der Waals surface area contributed by atoms with Crippen molar-refractivity contribution in [1.29, 1.82) is 0 Å². The molecule has 0 aliphatic heterocycles. The number of fused-ring (bicyclic) bond motifs is 1. The fourth-order valence-corrected chi connectivity index (χ4v) is 3.05. The molecular formula is C17H13CaN2O4S+. The number of hydrogen-bond acceptors (Lipinski definition) is 6. The first-order chi connectivity index (χ1) is 11.4. The molecule has 0 aliphatic carbocycles. The molecule has 0 fully saturated rings. The normalized spacial score (nSPS) is 11.6. The van der Waals surface area contributed by atoms with Gasteiger partial charge in [0.1, 0.15) is 27.2 Å². The molecule has 0 spiro atoms. The predicted molar refractivity (Wildman–Crippen MR) is 94.7 cm³/mol. The maximum absolute atomic E-state index is 11.4. The first-order valence-corrected chi connectivity index (χ1v) is 8.46. The van der Waals surface area contributed by atoms with E-state index in [9.17, 15) is 18.1 Å². The average molecular weight is 381 g/mol. The molecule has 0 radical (unpaired) electrons. The van der Waals surface area contributed by atoms with E-state index in [1.807, 2.05) is 12.1 Å². The van der Waals surface area contributed by atoms with E-state index < -0.39 is 15.0 Å². The summed E-state index contributed by atoms with van der Waals surface area (Å²) in [7, 11) is -4.68. The summed E-state index contributed by atoms with van der Waals surface area (Å²) in [5.74, 6) is -0.0870. The predicted octanol–water partition coefficient (Wildman–Crippen LogP) is 3.79. The molecular weight excluding hydrogens is 368 g/mol. The molecule has 0 aliphatic rings. The van der Waals surface area contributed by atoms with Crippen LogP contribution in [0.15, 0.2) is 69.7 Å². The number of nitrogens with zero attached hydrogens (tertiary/aromatic N) is 2. The Morgan fingerprint density at radius 2 is 1.72 bits per heavy atom. The van der Waals surface area contributed by atoms with Gasteiger partial charge in [-0.1, -0.05) is 36.4 Å². The zero-order valence-corrected chi connectivity index (χ0v) is 16.4. The third kappa shape index (κ3) is 4.37. The molecule has 8 heteroatoms. The summed E-state index contributed by atoms with van der Waals surface area (Å²) in [6.45, 7) is 1.67. The van der Waals surface area contributed by atoms with E-state index in [1.165, 1.54) is 18.2 Å². The number of azo groups is 1. The van der Waals surface area contributed by atoms with E-state index in [4.69, 9.17) is 0 Å². The van der Waals surface area contributed by atoms with Crippen LogP contribution in [-0.4, -0.2) is 55.8 Å². The summed E-state index contributed by atoms with van der Waals surface area (Å²) in [5.41, 5.74) is 0.766. The van der Waals surface area contributed by atoms with Crippen LogP contribution in [0.4, 0.5) is 11.4 Å². The molecule has 0 amide bonds. The third-order valence-electron chi connectivity index (χ3n) is 3.52. The first-order valence-electron chi connectivity index (χ1n) is 7.05. The van der Waals surface area contributed by atoms with Crippen LogP contribution < -0.4 is 0 Å². The molecule has 3 aromatic carbocycles. The number of benzene rings is 3. The molecule has 0 saturated carbocycles. The van der Waals surface area contributed by atoms with E-state index >= 15 is 0 Å². The minimum absolute atomic E-state index is 0.